The molecule has 6 nitrogen and oxygen atoms in total. The van der Waals surface area contributed by atoms with E-state index in [-0.39, 0.29) is 23.6 Å². The molecule has 0 aliphatic rings. The number of hydrogen-bond donors (Lipinski definition) is 1. The molecule has 0 aliphatic carbocycles. The van der Waals surface area contributed by atoms with Crippen molar-refractivity contribution in [1.29, 1.82) is 0 Å². The Morgan fingerprint density at radius 1 is 1.18 bits per heavy atom. The number of carbonyl (C=O) groups is 1. The normalized spacial score (nSPS) is 11.3. The second-order valence-electron chi connectivity index (χ2n) is 5.82. The molecule has 146 valence electrons. The Kier molecular flexibility index (Phi) is 5.34. The number of hydrogen-bond acceptors (Lipinski definition) is 5. The van der Waals surface area contributed by atoms with Crippen molar-refractivity contribution in [2.45, 2.75) is 20.0 Å². The smallest absolute Gasteiger partial charge is 0.416 e. The number of halogens is 3. The molecule has 1 heterocycles. The molecule has 0 aliphatic heterocycles. The molecule has 9 heteroatoms. The van der Waals surface area contributed by atoms with Gasteiger partial charge in [-0.15, -0.1) is 0 Å². The Morgan fingerprint density at radius 2 is 1.89 bits per heavy atom. The lowest BCUT2D eigenvalue weighted by Crippen LogP contribution is -2.14. The van der Waals surface area contributed by atoms with Gasteiger partial charge in [-0.2, -0.15) is 18.2 Å². The fourth-order valence-electron chi connectivity index (χ4n) is 2.46. The number of ether oxygens (including phenoxy) is 1. The molecule has 2 aromatic carbocycles. The topological polar surface area (TPSA) is 77.2 Å². The quantitative estimate of drug-likeness (QED) is 0.681. The largest absolute Gasteiger partial charge is 0.492 e. The van der Waals surface area contributed by atoms with Crippen molar-refractivity contribution in [3.05, 3.63) is 59.4 Å². The number of aryl methyl sites for hydroxylation is 1. The van der Waals surface area contributed by atoms with Crippen LogP contribution in [-0.2, 0) is 6.18 Å². The van der Waals surface area contributed by atoms with Gasteiger partial charge in [0.2, 0.25) is 0 Å². The molecule has 0 atom stereocenters. The molecular formula is C19H16F3N3O3. The van der Waals surface area contributed by atoms with E-state index in [1.807, 2.05) is 0 Å². The maximum absolute atomic E-state index is 13.0. The van der Waals surface area contributed by atoms with Gasteiger partial charge in [-0.05, 0) is 56.3 Å². The van der Waals surface area contributed by atoms with Gasteiger partial charge in [0, 0.05) is 11.1 Å². The third kappa shape index (κ3) is 4.30. The van der Waals surface area contributed by atoms with E-state index >= 15 is 0 Å². The number of rotatable bonds is 5. The summed E-state index contributed by atoms with van der Waals surface area (Å²) in [5.74, 6) is 0.362. The van der Waals surface area contributed by atoms with E-state index in [2.05, 4.69) is 15.5 Å². The molecule has 1 amide bonds. The SMILES string of the molecule is CCOc1ccc(C(F)(F)F)cc1NC(=O)c1ccc(-c2nc(C)no2)cc1. The van der Waals surface area contributed by atoms with Crippen LogP contribution in [0.4, 0.5) is 18.9 Å². The summed E-state index contributed by atoms with van der Waals surface area (Å²) in [5.41, 5.74) is -0.0716. The molecule has 0 spiro atoms. The first-order valence-corrected chi connectivity index (χ1v) is 8.34. The number of anilines is 1. The van der Waals surface area contributed by atoms with Crippen molar-refractivity contribution >= 4 is 11.6 Å². The Hall–Kier alpha value is -3.36. The van der Waals surface area contributed by atoms with Crippen molar-refractivity contribution in [1.82, 2.24) is 10.1 Å². The van der Waals surface area contributed by atoms with Crippen molar-refractivity contribution in [2.24, 2.45) is 0 Å². The summed E-state index contributed by atoms with van der Waals surface area (Å²) in [6, 6.07) is 9.18. The van der Waals surface area contributed by atoms with Crippen LogP contribution in [-0.4, -0.2) is 22.7 Å². The first-order chi connectivity index (χ1) is 13.3. The molecule has 0 fully saturated rings. The molecule has 1 N–H and O–H groups in total. The Balaban J connectivity index is 1.83. The summed E-state index contributed by atoms with van der Waals surface area (Å²) in [6.45, 7) is 3.62. The van der Waals surface area contributed by atoms with E-state index in [9.17, 15) is 18.0 Å². The molecule has 1 aromatic heterocycles. The van der Waals surface area contributed by atoms with E-state index in [1.165, 1.54) is 18.2 Å². The lowest BCUT2D eigenvalue weighted by atomic mass is 10.1. The predicted octanol–water partition coefficient (Wildman–Crippen LogP) is 4.71. The molecule has 3 aromatic rings. The Morgan fingerprint density at radius 3 is 2.46 bits per heavy atom. The summed E-state index contributed by atoms with van der Waals surface area (Å²) < 4.78 is 49.3. The van der Waals surface area contributed by atoms with E-state index in [0.29, 0.717) is 17.3 Å². The first-order valence-electron chi connectivity index (χ1n) is 8.34. The Bertz CT molecular complexity index is 982. The second kappa shape index (κ2) is 7.71. The van der Waals surface area contributed by atoms with Gasteiger partial charge in [-0.1, -0.05) is 5.16 Å². The summed E-state index contributed by atoms with van der Waals surface area (Å²) in [5, 5.41) is 6.16. The van der Waals surface area contributed by atoms with E-state index in [4.69, 9.17) is 9.26 Å². The van der Waals surface area contributed by atoms with Crippen LogP contribution in [0.2, 0.25) is 0 Å². The van der Waals surface area contributed by atoms with Gasteiger partial charge in [-0.3, -0.25) is 4.79 Å². The number of carbonyl (C=O) groups excluding carboxylic acids is 1. The zero-order valence-electron chi connectivity index (χ0n) is 15.0. The number of benzene rings is 2. The minimum atomic E-state index is -4.53. The van der Waals surface area contributed by atoms with Crippen molar-refractivity contribution < 1.29 is 27.2 Å². The Labute approximate surface area is 158 Å². The first kappa shape index (κ1) is 19.4. The van der Waals surface area contributed by atoms with Crippen molar-refractivity contribution in [3.8, 4) is 17.2 Å². The second-order valence-corrected chi connectivity index (χ2v) is 5.82. The highest BCUT2D eigenvalue weighted by Crippen LogP contribution is 2.35. The zero-order chi connectivity index (χ0) is 20.3. The predicted molar refractivity (Wildman–Crippen MR) is 95.0 cm³/mol. The molecule has 0 saturated carbocycles. The van der Waals surface area contributed by atoms with Gasteiger partial charge in [0.25, 0.3) is 11.8 Å². The number of nitrogens with one attached hydrogen (secondary N) is 1. The van der Waals surface area contributed by atoms with Crippen LogP contribution in [0.5, 0.6) is 5.75 Å². The van der Waals surface area contributed by atoms with Crippen LogP contribution in [0.3, 0.4) is 0 Å². The minimum Gasteiger partial charge on any atom is -0.492 e. The maximum atomic E-state index is 13.0. The average Bonchev–Trinajstić information content (AvgIpc) is 3.09. The van der Waals surface area contributed by atoms with Crippen LogP contribution in [0, 0.1) is 6.92 Å². The average molecular weight is 391 g/mol. The molecule has 3 rings (SSSR count). The lowest BCUT2D eigenvalue weighted by Gasteiger charge is -2.14. The lowest BCUT2D eigenvalue weighted by molar-refractivity contribution is -0.137. The molecule has 0 radical (unpaired) electrons. The van der Waals surface area contributed by atoms with Gasteiger partial charge >= 0.3 is 6.18 Å². The van der Waals surface area contributed by atoms with Gasteiger partial charge in [0.15, 0.2) is 5.82 Å². The van der Waals surface area contributed by atoms with Crippen molar-refractivity contribution in [2.75, 3.05) is 11.9 Å². The molecule has 28 heavy (non-hydrogen) atoms. The number of amides is 1. The van der Waals surface area contributed by atoms with Crippen LogP contribution in [0.25, 0.3) is 11.5 Å². The van der Waals surface area contributed by atoms with Crippen LogP contribution in [0.15, 0.2) is 47.0 Å². The summed E-state index contributed by atoms with van der Waals surface area (Å²) in [6.07, 6.45) is -4.53. The number of alkyl halides is 3. The van der Waals surface area contributed by atoms with Gasteiger partial charge < -0.3 is 14.6 Å². The molecule has 0 saturated heterocycles. The van der Waals surface area contributed by atoms with Gasteiger partial charge in [0.1, 0.15) is 5.75 Å². The third-order valence-corrected chi connectivity index (χ3v) is 3.78. The van der Waals surface area contributed by atoms with E-state index in [1.54, 1.807) is 26.0 Å². The highest BCUT2D eigenvalue weighted by atomic mass is 19.4. The van der Waals surface area contributed by atoms with Crippen LogP contribution >= 0.6 is 0 Å². The maximum Gasteiger partial charge on any atom is 0.416 e. The molecular weight excluding hydrogens is 375 g/mol. The summed E-state index contributed by atoms with van der Waals surface area (Å²) in [4.78, 5) is 16.6. The highest BCUT2D eigenvalue weighted by Gasteiger charge is 2.31. The summed E-state index contributed by atoms with van der Waals surface area (Å²) in [7, 11) is 0. The third-order valence-electron chi connectivity index (χ3n) is 3.78. The zero-order valence-corrected chi connectivity index (χ0v) is 15.0. The monoisotopic (exact) mass is 391 g/mol. The highest BCUT2D eigenvalue weighted by molar-refractivity contribution is 6.05. The fraction of sp³-hybridized carbons (Fsp3) is 0.211. The van der Waals surface area contributed by atoms with Crippen LogP contribution in [0.1, 0.15) is 28.7 Å². The minimum absolute atomic E-state index is 0.0572. The van der Waals surface area contributed by atoms with E-state index < -0.39 is 17.6 Å². The van der Waals surface area contributed by atoms with Gasteiger partial charge in [-0.25, -0.2) is 0 Å². The number of aromatic nitrogens is 2. The number of nitrogens with zero attached hydrogens (tertiary/aromatic N) is 2. The standard InChI is InChI=1S/C19H16F3N3O3/c1-3-27-16-9-8-14(19(20,21)22)10-15(16)24-17(26)12-4-6-13(7-5-12)18-23-11(2)25-28-18/h4-10H,3H2,1-2H3,(H,24,26). The van der Waals surface area contributed by atoms with Crippen LogP contribution < -0.4 is 10.1 Å². The summed E-state index contributed by atoms with van der Waals surface area (Å²) >= 11 is 0. The van der Waals surface area contributed by atoms with Crippen molar-refractivity contribution in [3.63, 3.8) is 0 Å². The molecule has 0 bridgehead atoms. The van der Waals surface area contributed by atoms with E-state index in [0.717, 1.165) is 12.1 Å². The molecule has 0 unspecified atom stereocenters. The fourth-order valence-corrected chi connectivity index (χ4v) is 2.46. The van der Waals surface area contributed by atoms with Gasteiger partial charge in [0.05, 0.1) is 17.9 Å².